The van der Waals surface area contributed by atoms with Gasteiger partial charge in [0.05, 0.1) is 0 Å². The highest BCUT2D eigenvalue weighted by Crippen LogP contribution is 2.43. The van der Waals surface area contributed by atoms with Crippen molar-refractivity contribution in [1.29, 1.82) is 0 Å². The van der Waals surface area contributed by atoms with Gasteiger partial charge >= 0.3 is 6.18 Å². The van der Waals surface area contributed by atoms with E-state index in [1.165, 1.54) is 36.4 Å². The van der Waals surface area contributed by atoms with Gasteiger partial charge in [0, 0.05) is 11.1 Å². The van der Waals surface area contributed by atoms with Crippen LogP contribution in [-0.2, 0) is 11.0 Å². The van der Waals surface area contributed by atoms with Gasteiger partial charge in [0.15, 0.2) is 6.10 Å². The summed E-state index contributed by atoms with van der Waals surface area (Å²) in [6, 6.07) is 13.5. The molecular weight excluding hydrogens is 417 g/mol. The number of halogens is 3. The summed E-state index contributed by atoms with van der Waals surface area (Å²) in [5.74, 6) is -2.15. The number of nitrogens with zero attached hydrogens (tertiary/aromatic N) is 3. The van der Waals surface area contributed by atoms with Gasteiger partial charge in [0.25, 0.3) is 11.8 Å². The van der Waals surface area contributed by atoms with E-state index < -0.39 is 41.1 Å². The molecule has 0 bridgehead atoms. The van der Waals surface area contributed by atoms with Gasteiger partial charge in [-0.1, -0.05) is 64.9 Å². The molecule has 4 aromatic rings. The second-order valence-electron chi connectivity index (χ2n) is 6.45. The Morgan fingerprint density at radius 3 is 2.26 bits per heavy atom. The summed E-state index contributed by atoms with van der Waals surface area (Å²) in [5.41, 5.74) is 4.34. The quantitative estimate of drug-likeness (QED) is 0.495. The number of benzene rings is 2. The van der Waals surface area contributed by atoms with Crippen molar-refractivity contribution < 1.29 is 32.1 Å². The van der Waals surface area contributed by atoms with Gasteiger partial charge in [-0.25, -0.2) is 0 Å². The number of alkyl halides is 3. The van der Waals surface area contributed by atoms with E-state index in [-0.39, 0.29) is 17.0 Å². The zero-order valence-electron chi connectivity index (χ0n) is 15.5. The normalized spacial score (nSPS) is 12.6. The molecule has 3 N–H and O–H groups in total. The molecule has 0 spiro atoms. The van der Waals surface area contributed by atoms with Gasteiger partial charge in [-0.2, -0.15) is 18.2 Å². The highest BCUT2D eigenvalue weighted by Gasteiger charge is 2.42. The maximum Gasteiger partial charge on any atom is 0.422 e. The van der Waals surface area contributed by atoms with Crippen LogP contribution >= 0.6 is 0 Å². The van der Waals surface area contributed by atoms with Crippen LogP contribution in [0.2, 0.25) is 0 Å². The van der Waals surface area contributed by atoms with Crippen LogP contribution in [0.5, 0.6) is 0 Å². The maximum atomic E-state index is 13.8. The Hall–Kier alpha value is -3.99. The average Bonchev–Trinajstić information content (AvgIpc) is 3.41. The summed E-state index contributed by atoms with van der Waals surface area (Å²) in [4.78, 5) is 15.0. The third-order valence-electron chi connectivity index (χ3n) is 4.40. The lowest BCUT2D eigenvalue weighted by atomic mass is 10.1. The molecule has 0 aliphatic rings. The van der Waals surface area contributed by atoms with E-state index in [9.17, 15) is 23.1 Å². The molecule has 8 nitrogen and oxygen atoms in total. The smallest absolute Gasteiger partial charge is 0.378 e. The molecule has 1 amide bonds. The zero-order valence-corrected chi connectivity index (χ0v) is 15.5. The highest BCUT2D eigenvalue weighted by atomic mass is 19.4. The Morgan fingerprint density at radius 2 is 1.65 bits per heavy atom. The Morgan fingerprint density at radius 1 is 0.968 bits per heavy atom. The number of nitrogens with two attached hydrogens (primary N) is 1. The van der Waals surface area contributed by atoms with Gasteiger partial charge in [0.2, 0.25) is 11.6 Å². The Bertz CT molecular complexity index is 1220. The summed E-state index contributed by atoms with van der Waals surface area (Å²) in [6.45, 7) is 0. The fourth-order valence-corrected chi connectivity index (χ4v) is 2.90. The minimum atomic E-state index is -4.79. The fourth-order valence-electron chi connectivity index (χ4n) is 2.90. The van der Waals surface area contributed by atoms with E-state index in [1.54, 1.807) is 18.2 Å². The van der Waals surface area contributed by atoms with E-state index in [2.05, 4.69) is 15.3 Å². The summed E-state index contributed by atoms with van der Waals surface area (Å²) in [5, 5.41) is 16.9. The van der Waals surface area contributed by atoms with Gasteiger partial charge in [-0.3, -0.25) is 4.79 Å². The first kappa shape index (κ1) is 20.3. The molecule has 31 heavy (non-hydrogen) atoms. The standard InChI is InChI=1S/C20H13F3N4O4/c21-20(22,23)13-14(10-4-2-1-3-5-10)26-30-16(13)19-25-18(27-31-19)12-8-6-11(7-9-12)15(28)17(24)29/h1-9,15,28H,(H2,24,29)/t15-/m1/s1. The maximum absolute atomic E-state index is 13.8. The van der Waals surface area contributed by atoms with Crippen LogP contribution < -0.4 is 5.73 Å². The molecule has 0 unspecified atom stereocenters. The second kappa shape index (κ2) is 7.69. The Kier molecular flexibility index (Phi) is 5.03. The first-order valence-electron chi connectivity index (χ1n) is 8.80. The topological polar surface area (TPSA) is 128 Å². The number of hydrogen-bond donors (Lipinski definition) is 2. The molecular formula is C20H13F3N4O4. The number of hydrogen-bond acceptors (Lipinski definition) is 7. The molecule has 0 aliphatic carbocycles. The molecule has 0 radical (unpaired) electrons. The van der Waals surface area contributed by atoms with Crippen molar-refractivity contribution in [3.8, 4) is 34.3 Å². The average molecular weight is 430 g/mol. The number of carbonyl (C=O) groups excluding carboxylic acids is 1. The number of aromatic nitrogens is 3. The summed E-state index contributed by atoms with van der Waals surface area (Å²) >= 11 is 0. The number of aliphatic hydroxyl groups excluding tert-OH is 1. The number of aliphatic hydroxyl groups is 1. The van der Waals surface area contributed by atoms with E-state index in [0.29, 0.717) is 5.56 Å². The molecule has 11 heteroatoms. The lowest BCUT2D eigenvalue weighted by molar-refractivity contribution is -0.137. The third kappa shape index (κ3) is 3.90. The van der Waals surface area contributed by atoms with Gasteiger partial charge < -0.3 is 19.9 Å². The van der Waals surface area contributed by atoms with Crippen molar-refractivity contribution in [1.82, 2.24) is 15.3 Å². The summed E-state index contributed by atoms with van der Waals surface area (Å²) < 4.78 is 51.3. The van der Waals surface area contributed by atoms with Crippen LogP contribution in [0.4, 0.5) is 13.2 Å². The first-order chi connectivity index (χ1) is 14.8. The molecule has 0 saturated carbocycles. The van der Waals surface area contributed by atoms with Gasteiger partial charge in [-0.05, 0) is 5.56 Å². The van der Waals surface area contributed by atoms with Crippen molar-refractivity contribution in [2.75, 3.05) is 0 Å². The fraction of sp³-hybridized carbons (Fsp3) is 0.100. The van der Waals surface area contributed by atoms with Gasteiger partial charge in [0.1, 0.15) is 11.3 Å². The minimum Gasteiger partial charge on any atom is -0.378 e. The predicted octanol–water partition coefficient (Wildman–Crippen LogP) is 3.60. The SMILES string of the molecule is NC(=O)[C@H](O)c1ccc(-c2noc(-c3onc(-c4ccccc4)c3C(F)(F)F)n2)cc1. The Balaban J connectivity index is 1.71. The monoisotopic (exact) mass is 430 g/mol. The van der Waals surface area contributed by atoms with E-state index >= 15 is 0 Å². The summed E-state index contributed by atoms with van der Waals surface area (Å²) in [7, 11) is 0. The van der Waals surface area contributed by atoms with E-state index in [4.69, 9.17) is 14.8 Å². The Labute approximate surface area is 172 Å². The lowest BCUT2D eigenvalue weighted by Gasteiger charge is -2.06. The van der Waals surface area contributed by atoms with Crippen molar-refractivity contribution in [2.24, 2.45) is 5.73 Å². The molecule has 2 aromatic carbocycles. The molecule has 2 aromatic heterocycles. The van der Waals surface area contributed by atoms with Crippen molar-refractivity contribution in [3.05, 3.63) is 65.7 Å². The van der Waals surface area contributed by atoms with Crippen molar-refractivity contribution in [2.45, 2.75) is 12.3 Å². The van der Waals surface area contributed by atoms with Crippen molar-refractivity contribution >= 4 is 5.91 Å². The second-order valence-corrected chi connectivity index (χ2v) is 6.45. The number of rotatable bonds is 5. The molecule has 0 saturated heterocycles. The highest BCUT2D eigenvalue weighted by molar-refractivity contribution is 5.80. The molecule has 2 heterocycles. The minimum absolute atomic E-state index is 0.0269. The van der Waals surface area contributed by atoms with E-state index in [0.717, 1.165) is 0 Å². The molecule has 0 aliphatic heterocycles. The number of amides is 1. The third-order valence-corrected chi connectivity index (χ3v) is 4.40. The molecule has 4 rings (SSSR count). The molecule has 0 fully saturated rings. The molecule has 1 atom stereocenters. The number of carbonyl (C=O) groups is 1. The lowest BCUT2D eigenvalue weighted by Crippen LogP contribution is -2.20. The van der Waals surface area contributed by atoms with Crippen LogP contribution in [0.3, 0.4) is 0 Å². The summed E-state index contributed by atoms with van der Waals surface area (Å²) in [6.07, 6.45) is -6.28. The van der Waals surface area contributed by atoms with Crippen LogP contribution in [0, 0.1) is 0 Å². The van der Waals surface area contributed by atoms with Crippen LogP contribution in [0.1, 0.15) is 17.2 Å². The zero-order chi connectivity index (χ0) is 22.2. The first-order valence-corrected chi connectivity index (χ1v) is 8.80. The van der Waals surface area contributed by atoms with Crippen LogP contribution in [-0.4, -0.2) is 26.3 Å². The largest absolute Gasteiger partial charge is 0.422 e. The van der Waals surface area contributed by atoms with Crippen LogP contribution in [0.15, 0.2) is 63.6 Å². The molecule has 158 valence electrons. The van der Waals surface area contributed by atoms with Crippen molar-refractivity contribution in [3.63, 3.8) is 0 Å². The predicted molar refractivity (Wildman–Crippen MR) is 99.8 cm³/mol. The van der Waals surface area contributed by atoms with E-state index in [1.807, 2.05) is 0 Å². The van der Waals surface area contributed by atoms with Crippen LogP contribution in [0.25, 0.3) is 34.3 Å². The van der Waals surface area contributed by atoms with Gasteiger partial charge in [-0.15, -0.1) is 0 Å². The number of primary amides is 1.